The Bertz CT molecular complexity index is 802. The van der Waals surface area contributed by atoms with Gasteiger partial charge in [-0.2, -0.15) is 0 Å². The molecule has 0 aliphatic carbocycles. The fourth-order valence-electron chi connectivity index (χ4n) is 3.91. The van der Waals surface area contributed by atoms with Crippen molar-refractivity contribution in [2.45, 2.75) is 25.0 Å². The second kappa shape index (κ2) is 10.9. The van der Waals surface area contributed by atoms with E-state index in [4.69, 9.17) is 9.47 Å². The van der Waals surface area contributed by atoms with Gasteiger partial charge in [-0.3, -0.25) is 4.99 Å². The monoisotopic (exact) mass is 410 g/mol. The van der Waals surface area contributed by atoms with Crippen molar-refractivity contribution in [3.63, 3.8) is 0 Å². The molecule has 0 saturated carbocycles. The Labute approximate surface area is 180 Å². The second-order valence-electron chi connectivity index (χ2n) is 7.77. The van der Waals surface area contributed by atoms with Gasteiger partial charge in [0, 0.05) is 45.1 Å². The first-order valence-corrected chi connectivity index (χ1v) is 10.6. The summed E-state index contributed by atoms with van der Waals surface area (Å²) in [4.78, 5) is 9.05. The Balaban J connectivity index is 1.56. The fraction of sp³-hybridized carbons (Fsp3) is 0.458. The van der Waals surface area contributed by atoms with Crippen LogP contribution in [0.25, 0.3) is 0 Å². The molecule has 2 aromatic rings. The van der Waals surface area contributed by atoms with Gasteiger partial charge in [0.15, 0.2) is 5.96 Å². The van der Waals surface area contributed by atoms with Gasteiger partial charge >= 0.3 is 0 Å². The van der Waals surface area contributed by atoms with Crippen molar-refractivity contribution in [3.8, 4) is 11.5 Å². The predicted molar refractivity (Wildman–Crippen MR) is 122 cm³/mol. The summed E-state index contributed by atoms with van der Waals surface area (Å²) < 4.78 is 11.7. The van der Waals surface area contributed by atoms with Crippen molar-refractivity contribution in [2.75, 3.05) is 47.9 Å². The lowest BCUT2D eigenvalue weighted by molar-refractivity contribution is 0.129. The van der Waals surface area contributed by atoms with Crippen LogP contribution in [-0.2, 0) is 0 Å². The van der Waals surface area contributed by atoms with E-state index in [9.17, 15) is 0 Å². The van der Waals surface area contributed by atoms with Crippen molar-refractivity contribution in [1.29, 1.82) is 0 Å². The Hall–Kier alpha value is -2.73. The van der Waals surface area contributed by atoms with Crippen LogP contribution in [-0.4, -0.2) is 69.8 Å². The minimum Gasteiger partial charge on any atom is -0.496 e. The summed E-state index contributed by atoms with van der Waals surface area (Å²) in [7, 11) is 7.75. The highest BCUT2D eigenvalue weighted by molar-refractivity contribution is 5.80. The molecule has 0 bridgehead atoms. The summed E-state index contributed by atoms with van der Waals surface area (Å²) in [5.74, 6) is 2.80. The topological polar surface area (TPSA) is 49.3 Å². The quantitative estimate of drug-likeness (QED) is 0.560. The van der Waals surface area contributed by atoms with Crippen LogP contribution in [0.4, 0.5) is 0 Å². The third kappa shape index (κ3) is 5.66. The third-order valence-corrected chi connectivity index (χ3v) is 5.57. The number of likely N-dealkylation sites (tertiary alicyclic amines) is 1. The van der Waals surface area contributed by atoms with E-state index in [1.165, 1.54) is 5.56 Å². The Kier molecular flexibility index (Phi) is 7.97. The second-order valence-corrected chi connectivity index (χ2v) is 7.77. The minimum absolute atomic E-state index is 0.178. The zero-order chi connectivity index (χ0) is 21.3. The van der Waals surface area contributed by atoms with E-state index in [0.29, 0.717) is 0 Å². The normalized spacial score (nSPS) is 16.4. The Morgan fingerprint density at radius 3 is 2.40 bits per heavy atom. The average Bonchev–Trinajstić information content (AvgIpc) is 2.78. The highest BCUT2D eigenvalue weighted by Crippen LogP contribution is 2.27. The molecule has 30 heavy (non-hydrogen) atoms. The van der Waals surface area contributed by atoms with Gasteiger partial charge in [0.25, 0.3) is 0 Å². The number of para-hydroxylation sites is 2. The highest BCUT2D eigenvalue weighted by Gasteiger charge is 2.24. The van der Waals surface area contributed by atoms with Crippen LogP contribution in [0, 0.1) is 0 Å². The number of aliphatic imine (C=N–C) groups is 1. The first kappa shape index (κ1) is 22.0. The number of nitrogens with one attached hydrogen (secondary N) is 1. The molecule has 1 unspecified atom stereocenters. The maximum atomic E-state index is 6.12. The van der Waals surface area contributed by atoms with Gasteiger partial charge in [-0.05, 0) is 32.3 Å². The lowest BCUT2D eigenvalue weighted by atomic mass is 10.0. The average molecular weight is 411 g/mol. The molecule has 1 atom stereocenters. The van der Waals surface area contributed by atoms with Gasteiger partial charge in [0.1, 0.15) is 17.6 Å². The van der Waals surface area contributed by atoms with E-state index in [1.54, 1.807) is 7.11 Å². The van der Waals surface area contributed by atoms with Crippen molar-refractivity contribution >= 4 is 5.96 Å². The van der Waals surface area contributed by atoms with Crippen LogP contribution >= 0.6 is 0 Å². The van der Waals surface area contributed by atoms with Crippen LogP contribution in [0.5, 0.6) is 11.5 Å². The summed E-state index contributed by atoms with van der Waals surface area (Å²) >= 11 is 0. The maximum Gasteiger partial charge on any atom is 0.193 e. The summed E-state index contributed by atoms with van der Waals surface area (Å²) in [6, 6.07) is 18.5. The molecule has 1 saturated heterocycles. The van der Waals surface area contributed by atoms with Crippen molar-refractivity contribution in [2.24, 2.45) is 4.99 Å². The van der Waals surface area contributed by atoms with Gasteiger partial charge in [-0.1, -0.05) is 36.4 Å². The van der Waals surface area contributed by atoms with E-state index in [-0.39, 0.29) is 12.1 Å². The van der Waals surface area contributed by atoms with Gasteiger partial charge in [0.05, 0.1) is 13.2 Å². The van der Waals surface area contributed by atoms with Crippen LogP contribution in [0.2, 0.25) is 0 Å². The fourth-order valence-corrected chi connectivity index (χ4v) is 3.91. The lowest BCUT2D eigenvalue weighted by Gasteiger charge is -2.35. The number of benzene rings is 2. The Morgan fingerprint density at radius 1 is 1.10 bits per heavy atom. The predicted octanol–water partition coefficient (Wildman–Crippen LogP) is 3.42. The van der Waals surface area contributed by atoms with E-state index < -0.39 is 0 Å². The number of rotatable bonds is 7. The summed E-state index contributed by atoms with van der Waals surface area (Å²) in [6.07, 6.45) is 2.23. The molecule has 1 fully saturated rings. The van der Waals surface area contributed by atoms with Gasteiger partial charge in [0.2, 0.25) is 0 Å². The van der Waals surface area contributed by atoms with E-state index in [1.807, 2.05) is 49.5 Å². The van der Waals surface area contributed by atoms with Crippen molar-refractivity contribution < 1.29 is 9.47 Å². The molecule has 3 rings (SSSR count). The zero-order valence-corrected chi connectivity index (χ0v) is 18.5. The molecule has 162 valence electrons. The number of guanidine groups is 1. The summed E-state index contributed by atoms with van der Waals surface area (Å²) in [5, 5.41) is 3.57. The number of hydrogen-bond donors (Lipinski definition) is 1. The minimum atomic E-state index is 0.178. The molecule has 6 nitrogen and oxygen atoms in total. The van der Waals surface area contributed by atoms with Crippen LogP contribution in [0.15, 0.2) is 59.6 Å². The highest BCUT2D eigenvalue weighted by atomic mass is 16.5. The van der Waals surface area contributed by atoms with Gasteiger partial charge in [-0.15, -0.1) is 0 Å². The number of hydrogen-bond acceptors (Lipinski definition) is 4. The molecule has 6 heteroatoms. The van der Waals surface area contributed by atoms with E-state index >= 15 is 0 Å². The lowest BCUT2D eigenvalue weighted by Crippen LogP contribution is -2.49. The number of likely N-dealkylation sites (N-methyl/N-ethyl adjacent to an activating group) is 1. The molecular formula is C24H34N4O2. The van der Waals surface area contributed by atoms with Gasteiger partial charge in [-0.25, -0.2) is 0 Å². The van der Waals surface area contributed by atoms with E-state index in [0.717, 1.165) is 49.9 Å². The molecular weight excluding hydrogens is 376 g/mol. The van der Waals surface area contributed by atoms with Crippen LogP contribution < -0.4 is 14.8 Å². The molecule has 1 N–H and O–H groups in total. The molecule has 1 heterocycles. The molecule has 1 aliphatic heterocycles. The first-order chi connectivity index (χ1) is 14.6. The van der Waals surface area contributed by atoms with Crippen molar-refractivity contribution in [3.05, 3.63) is 60.2 Å². The third-order valence-electron chi connectivity index (χ3n) is 5.57. The van der Waals surface area contributed by atoms with Crippen LogP contribution in [0.1, 0.15) is 24.4 Å². The summed E-state index contributed by atoms with van der Waals surface area (Å²) in [6.45, 7) is 2.61. The van der Waals surface area contributed by atoms with Crippen LogP contribution in [0.3, 0.4) is 0 Å². The Morgan fingerprint density at radius 2 is 1.77 bits per heavy atom. The number of nitrogens with zero attached hydrogens (tertiary/aromatic N) is 3. The van der Waals surface area contributed by atoms with Gasteiger partial charge < -0.3 is 24.6 Å². The first-order valence-electron chi connectivity index (χ1n) is 10.6. The molecule has 0 spiro atoms. The summed E-state index contributed by atoms with van der Waals surface area (Å²) in [5.41, 5.74) is 1.17. The molecule has 2 aromatic carbocycles. The number of ether oxygens (including phenoxy) is 2. The maximum absolute atomic E-state index is 6.12. The number of piperidine rings is 1. The zero-order valence-electron chi connectivity index (χ0n) is 18.5. The standard InChI is InChI=1S/C24H34N4O2/c1-25-24(26-18-22(27(2)3)21-12-8-9-13-23(21)29-4)28-16-14-20(15-17-28)30-19-10-6-5-7-11-19/h5-13,20,22H,14-18H2,1-4H3,(H,25,26). The SMILES string of the molecule is CN=C(NCC(c1ccccc1OC)N(C)C)N1CCC(Oc2ccccc2)CC1. The molecule has 0 amide bonds. The number of methoxy groups -OCH3 is 1. The smallest absolute Gasteiger partial charge is 0.193 e. The molecule has 1 aliphatic rings. The molecule has 0 aromatic heterocycles. The van der Waals surface area contributed by atoms with E-state index in [2.05, 4.69) is 46.3 Å². The molecule has 0 radical (unpaired) electrons. The largest absolute Gasteiger partial charge is 0.496 e. The van der Waals surface area contributed by atoms with Crippen molar-refractivity contribution in [1.82, 2.24) is 15.1 Å².